The van der Waals surface area contributed by atoms with E-state index in [0.717, 1.165) is 51.9 Å². The number of esters is 1. The monoisotopic (exact) mass is 286 g/mol. The molecule has 1 aliphatic heterocycles. The second-order valence-corrected chi connectivity index (χ2v) is 5.70. The number of ether oxygens (including phenoxy) is 1. The van der Waals surface area contributed by atoms with Crippen molar-refractivity contribution < 1.29 is 14.6 Å². The van der Waals surface area contributed by atoms with Crippen molar-refractivity contribution in [1.29, 1.82) is 0 Å². The van der Waals surface area contributed by atoms with E-state index >= 15 is 0 Å². The molecule has 0 spiro atoms. The summed E-state index contributed by atoms with van der Waals surface area (Å²) in [6.07, 6.45) is 4.50. The first-order chi connectivity index (χ1) is 9.69. The van der Waals surface area contributed by atoms with Gasteiger partial charge in [-0.15, -0.1) is 0 Å². The highest BCUT2D eigenvalue weighted by Crippen LogP contribution is 2.22. The average molecular weight is 286 g/mol. The second kappa shape index (κ2) is 10.1. The van der Waals surface area contributed by atoms with Gasteiger partial charge in [-0.1, -0.05) is 6.92 Å². The Balaban J connectivity index is 2.40. The van der Waals surface area contributed by atoms with Gasteiger partial charge in [0.05, 0.1) is 7.11 Å². The van der Waals surface area contributed by atoms with Crippen molar-refractivity contribution in [3.63, 3.8) is 0 Å². The molecule has 1 fully saturated rings. The molecule has 1 heterocycles. The number of likely N-dealkylation sites (tertiary alicyclic amines) is 1. The highest BCUT2D eigenvalue weighted by Gasteiger charge is 2.26. The van der Waals surface area contributed by atoms with Crippen molar-refractivity contribution in [2.75, 3.05) is 39.9 Å². The Bertz CT molecular complexity index is 274. The molecular formula is C15H30N2O3. The minimum Gasteiger partial charge on any atom is -0.469 e. The van der Waals surface area contributed by atoms with E-state index < -0.39 is 0 Å². The summed E-state index contributed by atoms with van der Waals surface area (Å²) in [5.74, 6) is 0.448. The molecule has 5 heteroatoms. The normalized spacial score (nSPS) is 23.8. The Labute approximate surface area is 122 Å². The molecule has 0 saturated carbocycles. The zero-order chi connectivity index (χ0) is 14.8. The van der Waals surface area contributed by atoms with E-state index in [1.54, 1.807) is 0 Å². The fourth-order valence-corrected chi connectivity index (χ4v) is 2.97. The summed E-state index contributed by atoms with van der Waals surface area (Å²) in [6.45, 7) is 6.59. The van der Waals surface area contributed by atoms with Gasteiger partial charge in [0, 0.05) is 32.2 Å². The predicted octanol–water partition coefficient (Wildman–Crippen LogP) is 1.01. The van der Waals surface area contributed by atoms with E-state index in [-0.39, 0.29) is 12.6 Å². The van der Waals surface area contributed by atoms with E-state index in [9.17, 15) is 4.79 Å². The molecule has 0 aromatic carbocycles. The molecule has 1 aliphatic rings. The summed E-state index contributed by atoms with van der Waals surface area (Å²) in [5.41, 5.74) is 0. The molecule has 20 heavy (non-hydrogen) atoms. The smallest absolute Gasteiger partial charge is 0.305 e. The average Bonchev–Trinajstić information content (AvgIpc) is 2.45. The third-order valence-electron chi connectivity index (χ3n) is 3.90. The summed E-state index contributed by atoms with van der Waals surface area (Å²) >= 11 is 0. The Morgan fingerprint density at radius 3 is 2.90 bits per heavy atom. The third kappa shape index (κ3) is 6.68. The lowest BCUT2D eigenvalue weighted by molar-refractivity contribution is -0.141. The molecule has 2 N–H and O–H groups in total. The van der Waals surface area contributed by atoms with E-state index in [1.807, 2.05) is 0 Å². The number of aliphatic hydroxyl groups excluding tert-OH is 1. The first kappa shape index (κ1) is 17.4. The Morgan fingerprint density at radius 2 is 2.25 bits per heavy atom. The molecule has 2 atom stereocenters. The van der Waals surface area contributed by atoms with Crippen LogP contribution in [0.4, 0.5) is 0 Å². The summed E-state index contributed by atoms with van der Waals surface area (Å²) < 4.78 is 4.73. The number of hydrogen-bond acceptors (Lipinski definition) is 5. The summed E-state index contributed by atoms with van der Waals surface area (Å²) in [4.78, 5) is 13.8. The summed E-state index contributed by atoms with van der Waals surface area (Å²) in [5, 5.41) is 12.4. The SMILES string of the molecule is CCCN1CC(CCC(=O)OC)CC(NCCCO)C1. The van der Waals surface area contributed by atoms with Crippen LogP contribution in [0.1, 0.15) is 39.0 Å². The number of rotatable bonds is 9. The number of methoxy groups -OCH3 is 1. The fraction of sp³-hybridized carbons (Fsp3) is 0.933. The maximum Gasteiger partial charge on any atom is 0.305 e. The highest BCUT2D eigenvalue weighted by atomic mass is 16.5. The van der Waals surface area contributed by atoms with Crippen LogP contribution >= 0.6 is 0 Å². The third-order valence-corrected chi connectivity index (χ3v) is 3.90. The Kier molecular flexibility index (Phi) is 8.82. The number of nitrogens with one attached hydrogen (secondary N) is 1. The molecule has 5 nitrogen and oxygen atoms in total. The van der Waals surface area contributed by atoms with Crippen LogP contribution in [0.5, 0.6) is 0 Å². The van der Waals surface area contributed by atoms with Crippen LogP contribution in [-0.2, 0) is 9.53 Å². The van der Waals surface area contributed by atoms with Crippen molar-refractivity contribution in [3.8, 4) is 0 Å². The number of carbonyl (C=O) groups is 1. The van der Waals surface area contributed by atoms with Gasteiger partial charge in [0.15, 0.2) is 0 Å². The fourth-order valence-electron chi connectivity index (χ4n) is 2.97. The van der Waals surface area contributed by atoms with Crippen LogP contribution in [-0.4, -0.2) is 61.9 Å². The van der Waals surface area contributed by atoms with Gasteiger partial charge in [-0.25, -0.2) is 0 Å². The lowest BCUT2D eigenvalue weighted by Crippen LogP contribution is -2.49. The van der Waals surface area contributed by atoms with Crippen LogP contribution in [0.25, 0.3) is 0 Å². The van der Waals surface area contributed by atoms with Crippen molar-refractivity contribution in [2.24, 2.45) is 5.92 Å². The molecule has 0 radical (unpaired) electrons. The molecule has 1 saturated heterocycles. The molecule has 2 unspecified atom stereocenters. The van der Waals surface area contributed by atoms with Gasteiger partial charge in [-0.05, 0) is 44.7 Å². The Hall–Kier alpha value is -0.650. The van der Waals surface area contributed by atoms with E-state index in [1.165, 1.54) is 7.11 Å². The van der Waals surface area contributed by atoms with Gasteiger partial charge in [0.2, 0.25) is 0 Å². The van der Waals surface area contributed by atoms with E-state index in [4.69, 9.17) is 9.84 Å². The first-order valence-corrected chi connectivity index (χ1v) is 7.83. The maximum absolute atomic E-state index is 11.3. The van der Waals surface area contributed by atoms with Gasteiger partial charge in [-0.2, -0.15) is 0 Å². The van der Waals surface area contributed by atoms with Crippen molar-refractivity contribution in [2.45, 2.75) is 45.1 Å². The lowest BCUT2D eigenvalue weighted by Gasteiger charge is -2.38. The maximum atomic E-state index is 11.3. The highest BCUT2D eigenvalue weighted by molar-refractivity contribution is 5.69. The molecular weight excluding hydrogens is 256 g/mol. The van der Waals surface area contributed by atoms with Gasteiger partial charge in [-0.3, -0.25) is 4.79 Å². The van der Waals surface area contributed by atoms with Crippen LogP contribution in [0.15, 0.2) is 0 Å². The van der Waals surface area contributed by atoms with Gasteiger partial charge < -0.3 is 20.1 Å². The van der Waals surface area contributed by atoms with E-state index in [2.05, 4.69) is 17.1 Å². The number of piperidine rings is 1. The van der Waals surface area contributed by atoms with Crippen molar-refractivity contribution in [3.05, 3.63) is 0 Å². The number of aliphatic hydroxyl groups is 1. The van der Waals surface area contributed by atoms with E-state index in [0.29, 0.717) is 18.4 Å². The van der Waals surface area contributed by atoms with Gasteiger partial charge >= 0.3 is 5.97 Å². The Morgan fingerprint density at radius 1 is 1.45 bits per heavy atom. The summed E-state index contributed by atoms with van der Waals surface area (Å²) in [6, 6.07) is 0.476. The molecule has 0 bridgehead atoms. The van der Waals surface area contributed by atoms with Crippen molar-refractivity contribution in [1.82, 2.24) is 10.2 Å². The first-order valence-electron chi connectivity index (χ1n) is 7.83. The van der Waals surface area contributed by atoms with Crippen LogP contribution in [0.2, 0.25) is 0 Å². The zero-order valence-electron chi connectivity index (χ0n) is 12.9. The largest absolute Gasteiger partial charge is 0.469 e. The standard InChI is InChI=1S/C15H30N2O3/c1-3-8-17-11-13(5-6-15(19)20-2)10-14(12-17)16-7-4-9-18/h13-14,16,18H,3-12H2,1-2H3. The van der Waals surface area contributed by atoms with Crippen molar-refractivity contribution >= 4 is 5.97 Å². The molecule has 0 aromatic rings. The number of carbonyl (C=O) groups excluding carboxylic acids is 1. The van der Waals surface area contributed by atoms with Crippen LogP contribution < -0.4 is 5.32 Å². The second-order valence-electron chi connectivity index (χ2n) is 5.70. The molecule has 118 valence electrons. The summed E-state index contributed by atoms with van der Waals surface area (Å²) in [7, 11) is 1.45. The lowest BCUT2D eigenvalue weighted by atomic mass is 9.90. The molecule has 1 rings (SSSR count). The molecule has 0 aliphatic carbocycles. The van der Waals surface area contributed by atoms with Crippen LogP contribution in [0, 0.1) is 5.92 Å². The minimum absolute atomic E-state index is 0.109. The molecule has 0 aromatic heterocycles. The zero-order valence-corrected chi connectivity index (χ0v) is 12.9. The predicted molar refractivity (Wildman–Crippen MR) is 79.6 cm³/mol. The minimum atomic E-state index is -0.109. The number of hydrogen-bond donors (Lipinski definition) is 2. The van der Waals surface area contributed by atoms with Gasteiger partial charge in [0.1, 0.15) is 0 Å². The quantitative estimate of drug-likeness (QED) is 0.489. The topological polar surface area (TPSA) is 61.8 Å². The number of nitrogens with zero attached hydrogens (tertiary/aromatic N) is 1. The van der Waals surface area contributed by atoms with Gasteiger partial charge in [0.25, 0.3) is 0 Å². The van der Waals surface area contributed by atoms with Crippen LogP contribution in [0.3, 0.4) is 0 Å². The molecule has 0 amide bonds.